The van der Waals surface area contributed by atoms with E-state index in [-0.39, 0.29) is 17.7 Å². The van der Waals surface area contributed by atoms with Crippen molar-refractivity contribution in [3.05, 3.63) is 77.0 Å². The number of aromatic hydroxyl groups is 1. The maximum atomic E-state index is 13.1. The van der Waals surface area contributed by atoms with E-state index in [1.807, 2.05) is 38.3 Å². The van der Waals surface area contributed by atoms with Gasteiger partial charge in [-0.3, -0.25) is 9.89 Å². The van der Waals surface area contributed by atoms with E-state index in [1.54, 1.807) is 28.8 Å². The van der Waals surface area contributed by atoms with Crippen LogP contribution in [-0.2, 0) is 0 Å². The maximum Gasteiger partial charge on any atom is 0.273 e. The number of amides is 1. The van der Waals surface area contributed by atoms with E-state index in [2.05, 4.69) is 28.9 Å². The van der Waals surface area contributed by atoms with E-state index in [1.165, 1.54) is 0 Å². The Kier molecular flexibility index (Phi) is 4.96. The van der Waals surface area contributed by atoms with Crippen molar-refractivity contribution < 1.29 is 9.90 Å². The molecule has 2 aromatic carbocycles. The van der Waals surface area contributed by atoms with E-state index in [0.717, 1.165) is 27.1 Å². The van der Waals surface area contributed by atoms with Gasteiger partial charge in [0.05, 0.1) is 6.04 Å². The summed E-state index contributed by atoms with van der Waals surface area (Å²) in [5.41, 5.74) is 5.45. The van der Waals surface area contributed by atoms with Gasteiger partial charge in [-0.1, -0.05) is 24.3 Å². The predicted octanol–water partition coefficient (Wildman–Crippen LogP) is 4.85. The molecule has 0 aliphatic carbocycles. The minimum atomic E-state index is -0.291. The molecular weight excluding hydrogens is 382 g/mol. The lowest BCUT2D eigenvalue weighted by molar-refractivity contribution is 0.0764. The molecule has 0 radical (unpaired) electrons. The molecule has 1 atom stereocenters. The Bertz CT molecular complexity index is 1080. The summed E-state index contributed by atoms with van der Waals surface area (Å²) in [5.74, 6) is 0.0600. The van der Waals surface area contributed by atoms with E-state index >= 15 is 0 Å². The largest absolute Gasteiger partial charge is 0.507 e. The van der Waals surface area contributed by atoms with Crippen molar-refractivity contribution in [3.8, 4) is 17.0 Å². The van der Waals surface area contributed by atoms with Crippen LogP contribution in [0.2, 0.25) is 0 Å². The number of phenols is 1. The number of aromatic nitrogens is 2. The molecule has 0 spiro atoms. The number of aromatic amines is 1. The van der Waals surface area contributed by atoms with Crippen LogP contribution in [0, 0.1) is 13.8 Å². The molecule has 4 rings (SSSR count). The number of H-pyrrole nitrogens is 1. The highest BCUT2D eigenvalue weighted by molar-refractivity contribution is 7.98. The number of hydrogen-bond donors (Lipinski definition) is 2. The van der Waals surface area contributed by atoms with Crippen LogP contribution in [0.4, 0.5) is 0 Å². The predicted molar refractivity (Wildman–Crippen MR) is 116 cm³/mol. The zero-order valence-corrected chi connectivity index (χ0v) is 17.5. The van der Waals surface area contributed by atoms with Crippen LogP contribution in [-0.4, -0.2) is 38.9 Å². The number of benzene rings is 2. The number of aryl methyl sites for hydroxylation is 2. The Morgan fingerprint density at radius 3 is 2.62 bits per heavy atom. The first-order valence-corrected chi connectivity index (χ1v) is 10.6. The van der Waals surface area contributed by atoms with Gasteiger partial charge >= 0.3 is 0 Å². The Morgan fingerprint density at radius 2 is 2.00 bits per heavy atom. The fraction of sp³-hybridized carbons (Fsp3) is 0.217. The Balaban J connectivity index is 1.93. The van der Waals surface area contributed by atoms with Gasteiger partial charge in [-0.05, 0) is 55.0 Å². The molecule has 2 N–H and O–H groups in total. The average molecular weight is 406 g/mol. The number of carbonyl (C=O) groups is 1. The molecule has 1 aliphatic heterocycles. The fourth-order valence-corrected chi connectivity index (χ4v) is 4.51. The number of nitrogens with one attached hydrogen (secondary N) is 1. The molecule has 6 heteroatoms. The van der Waals surface area contributed by atoms with Gasteiger partial charge < -0.3 is 10.0 Å². The van der Waals surface area contributed by atoms with Crippen LogP contribution >= 0.6 is 11.8 Å². The zero-order valence-electron chi connectivity index (χ0n) is 16.7. The summed E-state index contributed by atoms with van der Waals surface area (Å²) in [6.07, 6.45) is 3.77. The average Bonchev–Trinajstić information content (AvgIpc) is 3.22. The standard InChI is InChI=1S/C23H23N3O2S/c1-5-10-26-22(15-6-8-16(29-4)9-7-15)19-20(24-25-21(19)23(26)28)18-14(3)11-13(2)12-17(18)27/h5-9,11-12,22,27H,1,10H2,2-4H3,(H,24,25). The maximum absolute atomic E-state index is 13.1. The van der Waals surface area contributed by atoms with Crippen LogP contribution in [0.25, 0.3) is 11.3 Å². The molecule has 0 bridgehead atoms. The molecule has 0 saturated carbocycles. The Hall–Kier alpha value is -2.99. The molecule has 148 valence electrons. The number of fused-ring (bicyclic) bond motifs is 1. The molecule has 2 heterocycles. The summed E-state index contributed by atoms with van der Waals surface area (Å²) in [6, 6.07) is 11.7. The van der Waals surface area contributed by atoms with Gasteiger partial charge in [0.25, 0.3) is 5.91 Å². The number of phenolic OH excluding ortho intramolecular Hbond substituents is 1. The minimum absolute atomic E-state index is 0.109. The van der Waals surface area contributed by atoms with E-state index < -0.39 is 0 Å². The third-order valence-corrected chi connectivity index (χ3v) is 6.06. The van der Waals surface area contributed by atoms with E-state index in [4.69, 9.17) is 0 Å². The number of hydrogen-bond acceptors (Lipinski definition) is 4. The van der Waals surface area contributed by atoms with E-state index in [9.17, 15) is 9.90 Å². The lowest BCUT2D eigenvalue weighted by atomic mass is 9.93. The van der Waals surface area contributed by atoms with Crippen LogP contribution < -0.4 is 0 Å². The van der Waals surface area contributed by atoms with Crippen LogP contribution in [0.15, 0.2) is 53.9 Å². The first kappa shape index (κ1) is 19.3. The van der Waals surface area contributed by atoms with E-state index in [0.29, 0.717) is 23.5 Å². The molecule has 29 heavy (non-hydrogen) atoms. The third kappa shape index (κ3) is 3.13. The SMILES string of the molecule is C=CCN1C(=O)c2[nH]nc(-c3c(C)cc(C)cc3O)c2C1c1ccc(SC)cc1. The summed E-state index contributed by atoms with van der Waals surface area (Å²) < 4.78 is 0. The summed E-state index contributed by atoms with van der Waals surface area (Å²) in [5, 5.41) is 18.0. The fourth-order valence-electron chi connectivity index (χ4n) is 4.10. The molecule has 1 amide bonds. The van der Waals surface area contributed by atoms with Crippen LogP contribution in [0.3, 0.4) is 0 Å². The van der Waals surface area contributed by atoms with Gasteiger partial charge in [0.15, 0.2) is 0 Å². The van der Waals surface area contributed by atoms with Gasteiger partial charge in [-0.2, -0.15) is 5.10 Å². The summed E-state index contributed by atoms with van der Waals surface area (Å²) >= 11 is 1.68. The van der Waals surface area contributed by atoms with Crippen molar-refractivity contribution >= 4 is 17.7 Å². The second-order valence-electron chi connectivity index (χ2n) is 7.26. The van der Waals surface area contributed by atoms with Gasteiger partial charge in [0.1, 0.15) is 17.1 Å². The first-order chi connectivity index (χ1) is 14.0. The topological polar surface area (TPSA) is 69.2 Å². The Morgan fingerprint density at radius 1 is 1.28 bits per heavy atom. The number of thioether (sulfide) groups is 1. The number of nitrogens with zero attached hydrogens (tertiary/aromatic N) is 2. The summed E-state index contributed by atoms with van der Waals surface area (Å²) in [6.45, 7) is 8.13. The van der Waals surface area contributed by atoms with Gasteiger partial charge in [-0.15, -0.1) is 18.3 Å². The highest BCUT2D eigenvalue weighted by Crippen LogP contribution is 2.45. The second kappa shape index (κ2) is 7.44. The van der Waals surface area contributed by atoms with Gasteiger partial charge in [0.2, 0.25) is 0 Å². The molecular formula is C23H23N3O2S. The quantitative estimate of drug-likeness (QED) is 0.470. The third-order valence-electron chi connectivity index (χ3n) is 5.32. The molecule has 1 aromatic heterocycles. The zero-order chi connectivity index (χ0) is 20.7. The molecule has 1 unspecified atom stereocenters. The molecule has 3 aromatic rings. The smallest absolute Gasteiger partial charge is 0.273 e. The molecule has 0 saturated heterocycles. The van der Waals surface area contributed by atoms with Crippen molar-refractivity contribution in [2.75, 3.05) is 12.8 Å². The van der Waals surface area contributed by atoms with Crippen LogP contribution in [0.5, 0.6) is 5.75 Å². The number of carbonyl (C=O) groups excluding carboxylic acids is 1. The normalized spacial score (nSPS) is 15.6. The van der Waals surface area contributed by atoms with Gasteiger partial charge in [-0.25, -0.2) is 0 Å². The van der Waals surface area contributed by atoms with Crippen molar-refractivity contribution in [3.63, 3.8) is 0 Å². The highest BCUT2D eigenvalue weighted by Gasteiger charge is 2.42. The lowest BCUT2D eigenvalue weighted by Gasteiger charge is -2.25. The van der Waals surface area contributed by atoms with Gasteiger partial charge in [0, 0.05) is 22.6 Å². The van der Waals surface area contributed by atoms with Crippen molar-refractivity contribution in [1.82, 2.24) is 15.1 Å². The molecule has 0 fully saturated rings. The minimum Gasteiger partial charge on any atom is -0.507 e. The van der Waals surface area contributed by atoms with Crippen molar-refractivity contribution in [2.45, 2.75) is 24.8 Å². The number of rotatable bonds is 5. The lowest BCUT2D eigenvalue weighted by Crippen LogP contribution is -2.29. The second-order valence-corrected chi connectivity index (χ2v) is 8.14. The molecule has 1 aliphatic rings. The van der Waals surface area contributed by atoms with Crippen molar-refractivity contribution in [2.24, 2.45) is 0 Å². The van der Waals surface area contributed by atoms with Crippen LogP contribution in [0.1, 0.15) is 38.8 Å². The summed E-state index contributed by atoms with van der Waals surface area (Å²) in [4.78, 5) is 16.0. The first-order valence-electron chi connectivity index (χ1n) is 9.41. The summed E-state index contributed by atoms with van der Waals surface area (Å²) in [7, 11) is 0. The molecule has 5 nitrogen and oxygen atoms in total. The monoisotopic (exact) mass is 405 g/mol. The highest BCUT2D eigenvalue weighted by atomic mass is 32.2. The Labute approximate surface area is 174 Å². The van der Waals surface area contributed by atoms with Crippen molar-refractivity contribution in [1.29, 1.82) is 0 Å².